The number of ether oxygens (including phenoxy) is 2. The first kappa shape index (κ1) is 20.3. The molecule has 1 aromatic rings. The van der Waals surface area contributed by atoms with Crippen LogP contribution in [-0.2, 0) is 14.6 Å². The predicted molar refractivity (Wildman–Crippen MR) is 108 cm³/mol. The Bertz CT molecular complexity index is 888. The number of anilines is 1. The van der Waals surface area contributed by atoms with E-state index in [-0.39, 0.29) is 28.7 Å². The number of hydrogen-bond donors (Lipinski definition) is 0. The van der Waals surface area contributed by atoms with Crippen LogP contribution in [0.1, 0.15) is 19.8 Å². The molecule has 148 valence electrons. The average Bonchev–Trinajstić information content (AvgIpc) is 3.05. The third-order valence-electron chi connectivity index (χ3n) is 4.46. The van der Waals surface area contributed by atoms with E-state index in [2.05, 4.69) is 4.99 Å². The molecular weight excluding hydrogens is 412 g/mol. The summed E-state index contributed by atoms with van der Waals surface area (Å²) in [4.78, 5) is 18.1. The van der Waals surface area contributed by atoms with Gasteiger partial charge >= 0.3 is 0 Å². The first-order chi connectivity index (χ1) is 12.8. The Hall–Kier alpha value is -1.45. The molecule has 27 heavy (non-hydrogen) atoms. The van der Waals surface area contributed by atoms with Crippen molar-refractivity contribution in [3.05, 3.63) is 17.2 Å². The van der Waals surface area contributed by atoms with Crippen LogP contribution in [0.5, 0.6) is 11.5 Å². The standard InChI is InChI=1S/C17H21ClN2O5S2/c1-4-5-16(21)19-17-20(12-8-27(22,23)9-15(12)26-17)11-6-10(18)13(24-2)7-14(11)25-3/h6-7,12,15H,4-5,8-9H2,1-3H3/t12-,15-/m1/s1. The summed E-state index contributed by atoms with van der Waals surface area (Å²) < 4.78 is 35.0. The highest BCUT2D eigenvalue weighted by molar-refractivity contribution is 8.16. The maximum atomic E-state index is 12.2. The molecule has 2 saturated heterocycles. The molecule has 0 aliphatic carbocycles. The number of methoxy groups -OCH3 is 2. The van der Waals surface area contributed by atoms with Gasteiger partial charge in [-0.2, -0.15) is 4.99 Å². The Morgan fingerprint density at radius 2 is 2.00 bits per heavy atom. The van der Waals surface area contributed by atoms with Crippen LogP contribution in [0.4, 0.5) is 5.69 Å². The molecule has 1 aromatic carbocycles. The van der Waals surface area contributed by atoms with Gasteiger partial charge in [-0.15, -0.1) is 0 Å². The number of rotatable bonds is 5. The number of thioether (sulfide) groups is 1. The van der Waals surface area contributed by atoms with E-state index in [1.807, 2.05) is 6.92 Å². The normalized spacial score (nSPS) is 24.9. The summed E-state index contributed by atoms with van der Waals surface area (Å²) in [6.07, 6.45) is 1.03. The van der Waals surface area contributed by atoms with Gasteiger partial charge in [-0.25, -0.2) is 8.42 Å². The molecule has 0 spiro atoms. The topological polar surface area (TPSA) is 85.3 Å². The summed E-state index contributed by atoms with van der Waals surface area (Å²) in [6, 6.07) is 2.98. The quantitative estimate of drug-likeness (QED) is 0.707. The zero-order chi connectivity index (χ0) is 19.8. The minimum Gasteiger partial charge on any atom is -0.495 e. The highest BCUT2D eigenvalue weighted by Crippen LogP contribution is 2.46. The van der Waals surface area contributed by atoms with E-state index in [1.165, 1.54) is 26.0 Å². The van der Waals surface area contributed by atoms with Gasteiger partial charge < -0.3 is 14.4 Å². The largest absolute Gasteiger partial charge is 0.495 e. The predicted octanol–water partition coefficient (Wildman–Crippen LogP) is 2.76. The van der Waals surface area contributed by atoms with E-state index in [4.69, 9.17) is 21.1 Å². The highest BCUT2D eigenvalue weighted by atomic mass is 35.5. The molecule has 2 fully saturated rings. The minimum atomic E-state index is -3.15. The number of aliphatic imine (C=N–C) groups is 1. The van der Waals surface area contributed by atoms with Crippen molar-refractivity contribution in [2.75, 3.05) is 30.6 Å². The number of amides is 1. The van der Waals surface area contributed by atoms with Crippen LogP contribution in [0.15, 0.2) is 17.1 Å². The summed E-state index contributed by atoms with van der Waals surface area (Å²) in [5.41, 5.74) is 0.573. The molecular formula is C17H21ClN2O5S2. The van der Waals surface area contributed by atoms with Gasteiger partial charge in [0.2, 0.25) is 5.91 Å². The molecule has 0 aromatic heterocycles. The molecule has 3 rings (SSSR count). The van der Waals surface area contributed by atoms with Crippen LogP contribution in [0, 0.1) is 0 Å². The van der Waals surface area contributed by atoms with Gasteiger partial charge in [0, 0.05) is 17.7 Å². The van der Waals surface area contributed by atoms with Gasteiger partial charge in [-0.1, -0.05) is 30.3 Å². The van der Waals surface area contributed by atoms with Gasteiger partial charge in [-0.05, 0) is 12.5 Å². The summed E-state index contributed by atoms with van der Waals surface area (Å²) in [5.74, 6) is 0.744. The molecule has 7 nitrogen and oxygen atoms in total. The Balaban J connectivity index is 2.10. The third kappa shape index (κ3) is 4.05. The fourth-order valence-corrected chi connectivity index (χ4v) is 7.41. The van der Waals surface area contributed by atoms with Crippen LogP contribution in [0.25, 0.3) is 0 Å². The van der Waals surface area contributed by atoms with E-state index in [9.17, 15) is 13.2 Å². The molecule has 0 radical (unpaired) electrons. The third-order valence-corrected chi connectivity index (χ3v) is 7.97. The zero-order valence-electron chi connectivity index (χ0n) is 15.3. The summed E-state index contributed by atoms with van der Waals surface area (Å²) in [5, 5.41) is 0.661. The van der Waals surface area contributed by atoms with Crippen LogP contribution >= 0.6 is 23.4 Å². The monoisotopic (exact) mass is 432 g/mol. The summed E-state index contributed by atoms with van der Waals surface area (Å²) >= 11 is 7.62. The molecule has 2 atom stereocenters. The Labute approximate surface area is 168 Å². The number of nitrogens with zero attached hydrogens (tertiary/aromatic N) is 2. The number of carbonyl (C=O) groups is 1. The van der Waals surface area contributed by atoms with E-state index in [0.29, 0.717) is 40.2 Å². The number of halogens is 1. The summed E-state index contributed by atoms with van der Waals surface area (Å²) in [7, 11) is -0.139. The van der Waals surface area contributed by atoms with Gasteiger partial charge in [0.25, 0.3) is 0 Å². The fraction of sp³-hybridized carbons (Fsp3) is 0.529. The Morgan fingerprint density at radius 3 is 2.63 bits per heavy atom. The lowest BCUT2D eigenvalue weighted by molar-refractivity contribution is -0.117. The van der Waals surface area contributed by atoms with Crippen molar-refractivity contribution in [2.24, 2.45) is 4.99 Å². The molecule has 0 bridgehead atoms. The Kier molecular flexibility index (Phi) is 5.93. The van der Waals surface area contributed by atoms with Crippen molar-refractivity contribution in [2.45, 2.75) is 31.1 Å². The lowest BCUT2D eigenvalue weighted by Gasteiger charge is -2.26. The maximum Gasteiger partial charge on any atom is 0.248 e. The number of sulfone groups is 1. The molecule has 10 heteroatoms. The van der Waals surface area contributed by atoms with Gasteiger partial charge in [-0.3, -0.25) is 4.79 Å². The van der Waals surface area contributed by atoms with Crippen molar-refractivity contribution >= 4 is 50.0 Å². The van der Waals surface area contributed by atoms with E-state index in [1.54, 1.807) is 17.0 Å². The lowest BCUT2D eigenvalue weighted by Crippen LogP contribution is -2.38. The average molecular weight is 433 g/mol. The van der Waals surface area contributed by atoms with Gasteiger partial charge in [0.1, 0.15) is 11.5 Å². The van der Waals surface area contributed by atoms with Crippen molar-refractivity contribution in [3.63, 3.8) is 0 Å². The van der Waals surface area contributed by atoms with Crippen molar-refractivity contribution in [1.82, 2.24) is 0 Å². The van der Waals surface area contributed by atoms with E-state index < -0.39 is 9.84 Å². The first-order valence-electron chi connectivity index (χ1n) is 8.49. The van der Waals surface area contributed by atoms with Crippen molar-refractivity contribution < 1.29 is 22.7 Å². The smallest absolute Gasteiger partial charge is 0.248 e. The molecule has 0 unspecified atom stereocenters. The maximum absolute atomic E-state index is 12.2. The van der Waals surface area contributed by atoms with Crippen LogP contribution < -0.4 is 14.4 Å². The molecule has 0 saturated carbocycles. The van der Waals surface area contributed by atoms with Gasteiger partial charge in [0.05, 0.1) is 42.5 Å². The SMILES string of the molecule is CCCC(=O)N=C1S[C@@H]2CS(=O)(=O)C[C@H]2N1c1cc(Cl)c(OC)cc1OC. The molecule has 1 amide bonds. The number of amidine groups is 1. The second-order valence-corrected chi connectivity index (χ2v) is 10.1. The fourth-order valence-electron chi connectivity index (χ4n) is 3.26. The second kappa shape index (κ2) is 7.89. The number of benzene rings is 1. The van der Waals surface area contributed by atoms with Gasteiger partial charge in [0.15, 0.2) is 15.0 Å². The highest BCUT2D eigenvalue weighted by Gasteiger charge is 2.50. The molecule has 2 heterocycles. The lowest BCUT2D eigenvalue weighted by atomic mass is 10.2. The Morgan fingerprint density at radius 1 is 1.30 bits per heavy atom. The minimum absolute atomic E-state index is 0.00153. The zero-order valence-corrected chi connectivity index (χ0v) is 17.7. The van der Waals surface area contributed by atoms with E-state index >= 15 is 0 Å². The number of fused-ring (bicyclic) bond motifs is 1. The first-order valence-corrected chi connectivity index (χ1v) is 11.6. The molecule has 2 aliphatic rings. The van der Waals surface area contributed by atoms with Crippen LogP contribution in [-0.4, -0.2) is 56.5 Å². The molecule has 2 aliphatic heterocycles. The second-order valence-electron chi connectivity index (χ2n) is 6.37. The summed E-state index contributed by atoms with van der Waals surface area (Å²) in [6.45, 7) is 1.91. The number of carbonyl (C=O) groups excluding carboxylic acids is 1. The molecule has 0 N–H and O–H groups in total. The van der Waals surface area contributed by atoms with Crippen molar-refractivity contribution in [1.29, 1.82) is 0 Å². The van der Waals surface area contributed by atoms with Crippen LogP contribution in [0.3, 0.4) is 0 Å². The van der Waals surface area contributed by atoms with E-state index in [0.717, 1.165) is 0 Å². The van der Waals surface area contributed by atoms with Crippen LogP contribution in [0.2, 0.25) is 5.02 Å². The number of hydrogen-bond acceptors (Lipinski definition) is 6. The van der Waals surface area contributed by atoms with Crippen molar-refractivity contribution in [3.8, 4) is 11.5 Å².